The lowest BCUT2D eigenvalue weighted by atomic mass is 9.99. The SMILES string of the molecule is CCCC[C@H]1C(=O)N(C)[C@@H](CCCC)C(=O)N[C@@H](CC(C)C)C(=O)N[C@H](C(=O)NCC(N)=O)CSCC(=O)N[C@@H](Cc2ccc(O)cc2)C(=O)N(C)[C@@H](C)C(=O)N[C@@H](CC(N)=O)C(=O)N2CCC[C@H]2C(=O)N[C@@H](CN)C(=O)N[C@@H](CC(C)C)C(=O)N2C[C@H](O)C[C@H]2C(=O)N[C@@H](Cc2c[nH]c3ccccc23)C(=O)N[C@@H](CCN)C(=O)NC(Cc2cn(COC=O)c3ncncc23)C(=O)N1C. The fourth-order valence-corrected chi connectivity index (χ4v) is 17.4. The number of nitrogens with zero attached hydrogens (tertiary/aromatic N) is 8. The third-order valence-corrected chi connectivity index (χ3v) is 24.8. The number of hydrogen-bond donors (Lipinski definition) is 17. The maximum Gasteiger partial charge on any atom is 0.294 e. The van der Waals surface area contributed by atoms with Gasteiger partial charge in [-0.25, -0.2) is 9.97 Å². The van der Waals surface area contributed by atoms with Crippen molar-refractivity contribution in [3.05, 3.63) is 90.1 Å². The van der Waals surface area contributed by atoms with E-state index in [1.165, 1.54) is 75.6 Å². The Morgan fingerprint density at radius 3 is 1.84 bits per heavy atom. The Balaban J connectivity index is 1.20. The number of benzene rings is 2. The van der Waals surface area contributed by atoms with Crippen LogP contribution in [-0.2, 0) is 117 Å². The van der Waals surface area contributed by atoms with Gasteiger partial charge in [-0.05, 0) is 105 Å². The second-order valence-electron chi connectivity index (χ2n) is 34.9. The summed E-state index contributed by atoms with van der Waals surface area (Å²) in [5.74, 6) is -17.6. The number of nitrogens with one attached hydrogen (secondary N) is 11. The number of nitrogens with two attached hydrogens (primary N) is 4. The van der Waals surface area contributed by atoms with E-state index >= 15 is 33.6 Å². The van der Waals surface area contributed by atoms with E-state index in [1.807, 2.05) is 13.8 Å². The number of fused-ring (bicyclic) bond motifs is 4. The Morgan fingerprint density at radius 1 is 0.604 bits per heavy atom. The number of carbonyl (C=O) groups is 18. The molecule has 17 amide bonds. The second kappa shape index (κ2) is 50.8. The molecular formula is C89H129N23O21S. The number of carbonyl (C=O) groups excluding carboxylic acids is 18. The number of aliphatic hydroxyl groups excluding tert-OH is 1. The molecule has 1 unspecified atom stereocenters. The maximum absolute atomic E-state index is 15.9. The maximum atomic E-state index is 15.9. The molecule has 0 radical (unpaired) electrons. The van der Waals surface area contributed by atoms with Gasteiger partial charge in [-0.2, -0.15) is 0 Å². The molecule has 3 aliphatic heterocycles. The zero-order valence-corrected chi connectivity index (χ0v) is 78.1. The minimum Gasteiger partial charge on any atom is -0.508 e. The number of unbranched alkanes of at least 4 members (excludes halogenated alkanes) is 2. The molecule has 732 valence electrons. The Hall–Kier alpha value is -12.9. The standard InChI is InChI=1S/C89H129N23O21S/c1-11-13-20-68-82(125)100-60(30-48(3)4)79(122)106-67(77(120)96-40-73(93)117)43-134-44-74(118)98-63(32-51-23-25-54(114)26-24-51)85(128)107(8)50(7)76(119)102-65(36-72(92)116)87(130)111-29-17-22-69(111)83(126)105-66(37-91)81(124)103-62(31-49(5)6)88(131)112-42-55(115)35-71(112)84(127)101-61(33-52-38-95-58-19-16-15-18-56(52)58)80(123)99-59(27-28-90)78(121)104-64(86(129)109(10)70(21-14-12-2)89(132)108(68)9)34-53-41-110(46-133-47-113)75-57(53)39-94-45-97-75/h15-16,18-19,23-26,38-39,41,45,47-50,55,59-71,95,114-115H,11-14,17,20-22,27-37,40,42-44,46,90-91H2,1-10H3,(H2,92,116)(H2,93,117)(H,96,120)(H,98,118)(H,99,123)(H,100,125)(H,101,127)(H,102,119)(H,103,124)(H,104,121)(H,105,126)(H,106,122)/t50-,55+,59-,60-,61-,62-,63-,64?,65-,66-,67-,68-,69-,70-,71-/m0/s1. The first-order valence-corrected chi connectivity index (χ1v) is 46.2. The Kier molecular flexibility index (Phi) is 40.4. The van der Waals surface area contributed by atoms with Gasteiger partial charge in [0.1, 0.15) is 102 Å². The third kappa shape index (κ3) is 29.3. The molecule has 21 N–H and O–H groups in total. The summed E-state index contributed by atoms with van der Waals surface area (Å²) in [6.07, 6.45) is 3.60. The number of aromatic amines is 1. The summed E-state index contributed by atoms with van der Waals surface area (Å²) >= 11 is 0.785. The number of rotatable bonds is 27. The molecule has 6 heterocycles. The van der Waals surface area contributed by atoms with Crippen LogP contribution in [0.2, 0.25) is 0 Å². The van der Waals surface area contributed by atoms with Crippen LogP contribution in [0, 0.1) is 11.8 Å². The summed E-state index contributed by atoms with van der Waals surface area (Å²) < 4.78 is 6.57. The van der Waals surface area contributed by atoms with Crippen LogP contribution >= 0.6 is 11.8 Å². The van der Waals surface area contributed by atoms with Crippen LogP contribution in [0.1, 0.15) is 149 Å². The van der Waals surface area contributed by atoms with Crippen molar-refractivity contribution in [1.82, 2.24) is 97.2 Å². The minimum atomic E-state index is -1.77. The van der Waals surface area contributed by atoms with Crippen LogP contribution in [0.15, 0.2) is 73.4 Å². The van der Waals surface area contributed by atoms with Gasteiger partial charge in [0, 0.05) is 107 Å². The number of ether oxygens (including phenoxy) is 1. The van der Waals surface area contributed by atoms with E-state index in [0.29, 0.717) is 58.7 Å². The number of amides is 17. The van der Waals surface area contributed by atoms with Crippen LogP contribution in [0.25, 0.3) is 21.9 Å². The third-order valence-electron chi connectivity index (χ3n) is 23.8. The number of H-pyrrole nitrogens is 1. The van der Waals surface area contributed by atoms with E-state index < -0.39 is 235 Å². The molecule has 0 bridgehead atoms. The molecule has 0 saturated carbocycles. The van der Waals surface area contributed by atoms with Crippen molar-refractivity contribution in [2.24, 2.45) is 34.8 Å². The van der Waals surface area contributed by atoms with Crippen LogP contribution in [0.5, 0.6) is 5.75 Å². The van der Waals surface area contributed by atoms with Crippen molar-refractivity contribution in [1.29, 1.82) is 0 Å². The van der Waals surface area contributed by atoms with Crippen molar-refractivity contribution in [3.63, 3.8) is 0 Å². The summed E-state index contributed by atoms with van der Waals surface area (Å²) in [5, 5.41) is 49.1. The summed E-state index contributed by atoms with van der Waals surface area (Å²) in [6, 6.07) is -8.87. The molecule has 3 aliphatic rings. The van der Waals surface area contributed by atoms with Crippen molar-refractivity contribution < 1.29 is 101 Å². The van der Waals surface area contributed by atoms with E-state index in [0.717, 1.165) is 36.3 Å². The highest BCUT2D eigenvalue weighted by atomic mass is 32.2. The van der Waals surface area contributed by atoms with Crippen molar-refractivity contribution >= 4 is 141 Å². The number of phenols is 1. The zero-order valence-electron chi connectivity index (χ0n) is 77.2. The molecule has 5 aromatic rings. The largest absolute Gasteiger partial charge is 0.508 e. The highest BCUT2D eigenvalue weighted by Gasteiger charge is 2.47. The molecular weight excluding hydrogens is 1760 g/mol. The normalized spacial score (nSPS) is 24.9. The number of hydrogen-bond acceptors (Lipinski definition) is 26. The van der Waals surface area contributed by atoms with Gasteiger partial charge in [-0.3, -0.25) is 90.9 Å². The average molecular weight is 1890 g/mol. The number of likely N-dealkylation sites (N-methyl/N-ethyl adjacent to an activating group) is 3. The molecule has 0 aliphatic carbocycles. The van der Waals surface area contributed by atoms with E-state index in [-0.39, 0.29) is 114 Å². The van der Waals surface area contributed by atoms with Gasteiger partial charge in [0.05, 0.1) is 24.8 Å². The fraction of sp³-hybridized carbons (Fsp3) is 0.573. The molecule has 3 saturated heterocycles. The number of para-hydroxylation sites is 1. The van der Waals surface area contributed by atoms with Crippen molar-refractivity contribution in [2.75, 3.05) is 65.4 Å². The van der Waals surface area contributed by atoms with Crippen molar-refractivity contribution in [2.45, 2.75) is 249 Å². The zero-order chi connectivity index (χ0) is 98.5. The predicted molar refractivity (Wildman–Crippen MR) is 490 cm³/mol. The van der Waals surface area contributed by atoms with Crippen LogP contribution in [-0.4, -0.2) is 317 Å². The molecule has 8 rings (SSSR count). The van der Waals surface area contributed by atoms with Crippen molar-refractivity contribution in [3.8, 4) is 5.75 Å². The molecule has 3 fully saturated rings. The lowest BCUT2D eigenvalue weighted by Gasteiger charge is -2.36. The minimum absolute atomic E-state index is 0.00205. The lowest BCUT2D eigenvalue weighted by molar-refractivity contribution is -0.149. The molecule has 2 aromatic carbocycles. The molecule has 45 heteroatoms. The van der Waals surface area contributed by atoms with Gasteiger partial charge in [-0.1, -0.05) is 97.6 Å². The summed E-state index contributed by atoms with van der Waals surface area (Å²) in [5.41, 5.74) is 25.7. The first-order chi connectivity index (χ1) is 63.7. The van der Waals surface area contributed by atoms with E-state index in [9.17, 15) is 63.0 Å². The van der Waals surface area contributed by atoms with Gasteiger partial charge in [0.25, 0.3) is 6.47 Å². The van der Waals surface area contributed by atoms with E-state index in [2.05, 4.69) is 68.1 Å². The summed E-state index contributed by atoms with van der Waals surface area (Å²) in [7, 11) is 3.91. The number of phenolic OH excluding ortho intramolecular Hbond substituents is 1. The van der Waals surface area contributed by atoms with Gasteiger partial charge >= 0.3 is 0 Å². The Morgan fingerprint density at radius 2 is 1.18 bits per heavy atom. The highest BCUT2D eigenvalue weighted by molar-refractivity contribution is 8.00. The average Bonchev–Trinajstić information content (AvgIpc) is 1.64. The van der Waals surface area contributed by atoms with E-state index in [4.69, 9.17) is 27.7 Å². The predicted octanol–water partition coefficient (Wildman–Crippen LogP) is -3.40. The van der Waals surface area contributed by atoms with Crippen LogP contribution < -0.4 is 76.1 Å². The van der Waals surface area contributed by atoms with Gasteiger partial charge in [0.2, 0.25) is 100 Å². The van der Waals surface area contributed by atoms with Gasteiger partial charge < -0.3 is 121 Å². The molecule has 15 atom stereocenters. The number of thioether (sulfide) groups is 1. The van der Waals surface area contributed by atoms with Crippen LogP contribution in [0.3, 0.4) is 0 Å². The first-order valence-electron chi connectivity index (χ1n) is 45.0. The van der Waals surface area contributed by atoms with E-state index in [1.54, 1.807) is 58.2 Å². The lowest BCUT2D eigenvalue weighted by Crippen LogP contribution is -2.62. The van der Waals surface area contributed by atoms with Crippen LogP contribution in [0.4, 0.5) is 0 Å². The second-order valence-corrected chi connectivity index (χ2v) is 35.9. The summed E-state index contributed by atoms with van der Waals surface area (Å²) in [6.45, 7) is 9.63. The smallest absolute Gasteiger partial charge is 0.294 e. The number of primary amides is 2. The van der Waals surface area contributed by atoms with Gasteiger partial charge in [-0.15, -0.1) is 11.8 Å². The number of aromatic hydroxyl groups is 1. The quantitative estimate of drug-likeness (QED) is 0.0228. The number of aliphatic hydroxyl groups is 1. The topological polar surface area (TPSA) is 644 Å². The Labute approximate surface area is 780 Å². The highest BCUT2D eigenvalue weighted by Crippen LogP contribution is 2.28. The molecule has 134 heavy (non-hydrogen) atoms. The Bertz CT molecular complexity index is 5010. The first kappa shape index (κ1) is 106. The molecule has 3 aromatic heterocycles. The fourth-order valence-electron chi connectivity index (χ4n) is 16.5. The molecule has 44 nitrogen and oxygen atoms in total. The molecule has 0 spiro atoms. The number of aromatic nitrogens is 4. The monoisotopic (exact) mass is 1890 g/mol. The van der Waals surface area contributed by atoms with Gasteiger partial charge in [0.15, 0.2) is 6.73 Å². The summed E-state index contributed by atoms with van der Waals surface area (Å²) in [4.78, 5) is 278.